The van der Waals surface area contributed by atoms with Crippen molar-refractivity contribution in [3.63, 3.8) is 0 Å². The van der Waals surface area contributed by atoms with E-state index in [1.807, 2.05) is 0 Å². The van der Waals surface area contributed by atoms with Crippen molar-refractivity contribution in [2.75, 3.05) is 5.75 Å². The molecule has 0 bridgehead atoms. The maximum atomic E-state index is 3.76. The van der Waals surface area contributed by atoms with E-state index in [1.54, 1.807) is 0 Å². The second kappa shape index (κ2) is 4.22. The van der Waals surface area contributed by atoms with Gasteiger partial charge in [-0.3, -0.25) is 0 Å². The van der Waals surface area contributed by atoms with Gasteiger partial charge in [-0.25, -0.2) is 0 Å². The molecule has 2 heteroatoms. The zero-order valence-corrected chi connectivity index (χ0v) is 9.57. The minimum Gasteiger partial charge on any atom is -0.311 e. The highest BCUT2D eigenvalue weighted by molar-refractivity contribution is 8.00. The maximum absolute atomic E-state index is 3.76. The number of rotatable bonds is 4. The Morgan fingerprint density at radius 2 is 2.23 bits per heavy atom. The summed E-state index contributed by atoms with van der Waals surface area (Å²) >= 11 is 2.12. The second-order valence-corrected chi connectivity index (χ2v) is 6.29. The average molecular weight is 199 g/mol. The summed E-state index contributed by atoms with van der Waals surface area (Å²) < 4.78 is 0. The van der Waals surface area contributed by atoms with Crippen LogP contribution in [0.4, 0.5) is 0 Å². The summed E-state index contributed by atoms with van der Waals surface area (Å²) in [7, 11) is 0. The van der Waals surface area contributed by atoms with E-state index in [9.17, 15) is 0 Å². The Morgan fingerprint density at radius 1 is 1.46 bits per heavy atom. The van der Waals surface area contributed by atoms with Gasteiger partial charge in [-0.2, -0.15) is 11.8 Å². The Bertz CT molecular complexity index is 167. The molecular weight excluding hydrogens is 178 g/mol. The van der Waals surface area contributed by atoms with Crippen LogP contribution < -0.4 is 5.32 Å². The van der Waals surface area contributed by atoms with Crippen LogP contribution in [0, 0.1) is 5.92 Å². The molecule has 0 aromatic carbocycles. The minimum absolute atomic E-state index is 0.753. The monoisotopic (exact) mass is 199 g/mol. The Labute approximate surface area is 86.0 Å². The van der Waals surface area contributed by atoms with Crippen molar-refractivity contribution in [2.45, 2.75) is 56.9 Å². The van der Waals surface area contributed by atoms with Crippen molar-refractivity contribution in [3.05, 3.63) is 0 Å². The van der Waals surface area contributed by atoms with Gasteiger partial charge in [0.2, 0.25) is 0 Å². The molecule has 0 spiro atoms. The molecule has 2 fully saturated rings. The van der Waals surface area contributed by atoms with Crippen LogP contribution in [0.2, 0.25) is 0 Å². The molecule has 3 atom stereocenters. The van der Waals surface area contributed by atoms with E-state index in [0.717, 1.165) is 23.3 Å². The number of hydrogen-bond acceptors (Lipinski definition) is 2. The topological polar surface area (TPSA) is 12.0 Å². The van der Waals surface area contributed by atoms with Gasteiger partial charge in [0.1, 0.15) is 0 Å². The number of nitrogens with one attached hydrogen (secondary N) is 1. The van der Waals surface area contributed by atoms with Gasteiger partial charge < -0.3 is 5.32 Å². The van der Waals surface area contributed by atoms with E-state index in [-0.39, 0.29) is 0 Å². The molecule has 1 N–H and O–H groups in total. The zero-order chi connectivity index (χ0) is 9.26. The zero-order valence-electron chi connectivity index (χ0n) is 8.75. The lowest BCUT2D eigenvalue weighted by molar-refractivity contribution is 0.427. The molecule has 1 aliphatic carbocycles. The van der Waals surface area contributed by atoms with Crippen LogP contribution in [0.25, 0.3) is 0 Å². The van der Waals surface area contributed by atoms with Gasteiger partial charge in [0.15, 0.2) is 0 Å². The van der Waals surface area contributed by atoms with Crippen LogP contribution in [0.1, 0.15) is 39.5 Å². The molecule has 1 saturated heterocycles. The van der Waals surface area contributed by atoms with E-state index in [1.165, 1.54) is 31.4 Å². The predicted octanol–water partition coefficient (Wildman–Crippen LogP) is 2.66. The van der Waals surface area contributed by atoms with E-state index < -0.39 is 0 Å². The lowest BCUT2D eigenvalue weighted by Crippen LogP contribution is -2.36. The number of hydrogen-bond donors (Lipinski definition) is 1. The smallest absolute Gasteiger partial charge is 0.0171 e. The third-order valence-electron chi connectivity index (χ3n) is 3.10. The summed E-state index contributed by atoms with van der Waals surface area (Å²) in [5.74, 6) is 2.39. The van der Waals surface area contributed by atoms with Crippen molar-refractivity contribution in [2.24, 2.45) is 5.92 Å². The Hall–Kier alpha value is 0.310. The van der Waals surface area contributed by atoms with Gasteiger partial charge in [-0.1, -0.05) is 19.8 Å². The molecule has 76 valence electrons. The predicted molar refractivity (Wildman–Crippen MR) is 60.3 cm³/mol. The molecular formula is C11H21NS. The molecule has 1 saturated carbocycles. The molecule has 3 unspecified atom stereocenters. The van der Waals surface area contributed by atoms with Gasteiger partial charge in [-0.05, 0) is 25.7 Å². The summed E-state index contributed by atoms with van der Waals surface area (Å²) in [6.07, 6.45) is 5.76. The standard InChI is InChI=1S/C11H21NS/c1-8(5-10-3-4-10)12-11-6-9(2)13-7-11/h8-12H,3-7H2,1-2H3. The maximum Gasteiger partial charge on any atom is 0.0171 e. The third kappa shape index (κ3) is 3.17. The summed E-state index contributed by atoms with van der Waals surface area (Å²) in [6.45, 7) is 4.70. The largest absolute Gasteiger partial charge is 0.311 e. The highest BCUT2D eigenvalue weighted by atomic mass is 32.2. The average Bonchev–Trinajstić information content (AvgIpc) is 2.76. The summed E-state index contributed by atoms with van der Waals surface area (Å²) in [5.41, 5.74) is 0. The first-order valence-corrected chi connectivity index (χ1v) is 6.66. The lowest BCUT2D eigenvalue weighted by Gasteiger charge is -2.18. The van der Waals surface area contributed by atoms with Gasteiger partial charge >= 0.3 is 0 Å². The van der Waals surface area contributed by atoms with Crippen LogP contribution >= 0.6 is 11.8 Å². The minimum atomic E-state index is 0.753. The fourth-order valence-corrected chi connectivity index (χ4v) is 3.42. The molecule has 13 heavy (non-hydrogen) atoms. The van der Waals surface area contributed by atoms with Crippen LogP contribution in [-0.4, -0.2) is 23.1 Å². The first-order valence-electron chi connectivity index (χ1n) is 5.61. The molecule has 1 aliphatic heterocycles. The van der Waals surface area contributed by atoms with E-state index >= 15 is 0 Å². The molecule has 2 rings (SSSR count). The molecule has 1 nitrogen and oxygen atoms in total. The molecule has 0 amide bonds. The lowest BCUT2D eigenvalue weighted by atomic mass is 10.1. The Kier molecular flexibility index (Phi) is 3.20. The van der Waals surface area contributed by atoms with Crippen molar-refractivity contribution < 1.29 is 0 Å². The molecule has 1 heterocycles. The fraction of sp³-hybridized carbons (Fsp3) is 1.00. The first kappa shape index (κ1) is 9.85. The normalized spacial score (nSPS) is 36.5. The summed E-state index contributed by atoms with van der Waals surface area (Å²) in [6, 6.07) is 1.55. The molecule has 0 aromatic heterocycles. The van der Waals surface area contributed by atoms with Gasteiger partial charge in [-0.15, -0.1) is 0 Å². The Morgan fingerprint density at radius 3 is 2.77 bits per heavy atom. The van der Waals surface area contributed by atoms with Crippen LogP contribution in [-0.2, 0) is 0 Å². The number of thioether (sulfide) groups is 1. The van der Waals surface area contributed by atoms with Crippen LogP contribution in [0.15, 0.2) is 0 Å². The van der Waals surface area contributed by atoms with E-state index in [2.05, 4.69) is 30.9 Å². The molecule has 0 radical (unpaired) electrons. The summed E-state index contributed by atoms with van der Waals surface area (Å²) in [4.78, 5) is 0. The summed E-state index contributed by atoms with van der Waals surface area (Å²) in [5, 5.41) is 4.64. The first-order chi connectivity index (χ1) is 6.24. The van der Waals surface area contributed by atoms with Crippen LogP contribution in [0.3, 0.4) is 0 Å². The van der Waals surface area contributed by atoms with Crippen molar-refractivity contribution >= 4 is 11.8 Å². The SMILES string of the molecule is CC(CC1CC1)NC1CSC(C)C1. The highest BCUT2D eigenvalue weighted by Gasteiger charge is 2.27. The molecule has 0 aromatic rings. The highest BCUT2D eigenvalue weighted by Crippen LogP contribution is 2.34. The Balaban J connectivity index is 1.64. The van der Waals surface area contributed by atoms with Crippen LogP contribution in [0.5, 0.6) is 0 Å². The fourth-order valence-electron chi connectivity index (χ4n) is 2.26. The van der Waals surface area contributed by atoms with Gasteiger partial charge in [0.25, 0.3) is 0 Å². The molecule has 2 aliphatic rings. The van der Waals surface area contributed by atoms with Crippen molar-refractivity contribution in [3.8, 4) is 0 Å². The van der Waals surface area contributed by atoms with Gasteiger partial charge in [0.05, 0.1) is 0 Å². The van der Waals surface area contributed by atoms with E-state index in [4.69, 9.17) is 0 Å². The van der Waals surface area contributed by atoms with Crippen molar-refractivity contribution in [1.29, 1.82) is 0 Å². The quantitative estimate of drug-likeness (QED) is 0.747. The van der Waals surface area contributed by atoms with E-state index in [0.29, 0.717) is 0 Å². The second-order valence-electron chi connectivity index (χ2n) is 4.82. The van der Waals surface area contributed by atoms with Crippen molar-refractivity contribution in [1.82, 2.24) is 5.32 Å². The van der Waals surface area contributed by atoms with Gasteiger partial charge in [0, 0.05) is 23.1 Å². The third-order valence-corrected chi connectivity index (χ3v) is 4.46.